The zero-order valence-corrected chi connectivity index (χ0v) is 17.8. The SMILES string of the molecule is CC(C)(C)OC(=O)NCCCNCCCc1c2ccccc2cc2ccccc12. The maximum atomic E-state index is 11.6. The topological polar surface area (TPSA) is 50.4 Å². The average Bonchev–Trinajstić information content (AvgIpc) is 2.67. The molecule has 0 radical (unpaired) electrons. The van der Waals surface area contributed by atoms with Crippen molar-refractivity contribution in [1.82, 2.24) is 10.6 Å². The molecular formula is C25H32N2O2. The van der Waals surface area contributed by atoms with Crippen LogP contribution < -0.4 is 10.6 Å². The van der Waals surface area contributed by atoms with Gasteiger partial charge >= 0.3 is 6.09 Å². The van der Waals surface area contributed by atoms with Gasteiger partial charge in [0.1, 0.15) is 5.60 Å². The Labute approximate surface area is 173 Å². The van der Waals surface area contributed by atoms with E-state index in [0.29, 0.717) is 6.54 Å². The van der Waals surface area contributed by atoms with E-state index in [1.54, 1.807) is 0 Å². The number of aryl methyl sites for hydroxylation is 1. The molecule has 0 bridgehead atoms. The largest absolute Gasteiger partial charge is 0.444 e. The molecule has 154 valence electrons. The molecule has 0 heterocycles. The lowest BCUT2D eigenvalue weighted by Crippen LogP contribution is -2.34. The van der Waals surface area contributed by atoms with E-state index in [2.05, 4.69) is 65.2 Å². The van der Waals surface area contributed by atoms with E-state index in [1.165, 1.54) is 27.1 Å². The highest BCUT2D eigenvalue weighted by atomic mass is 16.6. The monoisotopic (exact) mass is 392 g/mol. The van der Waals surface area contributed by atoms with Crippen LogP contribution in [0.25, 0.3) is 21.5 Å². The van der Waals surface area contributed by atoms with Crippen molar-refractivity contribution in [3.05, 3.63) is 60.2 Å². The van der Waals surface area contributed by atoms with Crippen LogP contribution >= 0.6 is 0 Å². The van der Waals surface area contributed by atoms with Gasteiger partial charge in [0.2, 0.25) is 0 Å². The minimum Gasteiger partial charge on any atom is -0.444 e. The predicted octanol–water partition coefficient (Wildman–Crippen LogP) is 5.43. The molecule has 29 heavy (non-hydrogen) atoms. The second-order valence-corrected chi connectivity index (χ2v) is 8.43. The van der Waals surface area contributed by atoms with Gasteiger partial charge in [-0.15, -0.1) is 0 Å². The van der Waals surface area contributed by atoms with E-state index in [-0.39, 0.29) is 6.09 Å². The Morgan fingerprint density at radius 1 is 0.862 bits per heavy atom. The van der Waals surface area contributed by atoms with Crippen molar-refractivity contribution in [2.45, 2.75) is 45.6 Å². The smallest absolute Gasteiger partial charge is 0.407 e. The Balaban J connectivity index is 1.45. The summed E-state index contributed by atoms with van der Waals surface area (Å²) in [5.41, 5.74) is 0.987. The lowest BCUT2D eigenvalue weighted by Gasteiger charge is -2.19. The first-order valence-corrected chi connectivity index (χ1v) is 10.5. The van der Waals surface area contributed by atoms with Crippen LogP contribution in [0, 0.1) is 0 Å². The summed E-state index contributed by atoms with van der Waals surface area (Å²) in [6.45, 7) is 8.07. The summed E-state index contributed by atoms with van der Waals surface area (Å²) in [6, 6.07) is 19.6. The highest BCUT2D eigenvalue weighted by Crippen LogP contribution is 2.29. The molecule has 0 fully saturated rings. The fraction of sp³-hybridized carbons (Fsp3) is 0.400. The first-order chi connectivity index (χ1) is 13.9. The van der Waals surface area contributed by atoms with Crippen LogP contribution in [0.5, 0.6) is 0 Å². The molecule has 0 spiro atoms. The fourth-order valence-corrected chi connectivity index (χ4v) is 3.61. The van der Waals surface area contributed by atoms with Gasteiger partial charge in [0.15, 0.2) is 0 Å². The quantitative estimate of drug-likeness (QED) is 0.397. The van der Waals surface area contributed by atoms with Crippen molar-refractivity contribution < 1.29 is 9.53 Å². The highest BCUT2D eigenvalue weighted by Gasteiger charge is 2.15. The van der Waals surface area contributed by atoms with Crippen molar-refractivity contribution in [1.29, 1.82) is 0 Å². The Kier molecular flexibility index (Phi) is 7.10. The van der Waals surface area contributed by atoms with E-state index in [1.807, 2.05) is 20.8 Å². The van der Waals surface area contributed by atoms with E-state index in [9.17, 15) is 4.79 Å². The van der Waals surface area contributed by atoms with Crippen LogP contribution in [0.1, 0.15) is 39.2 Å². The summed E-state index contributed by atoms with van der Waals surface area (Å²) >= 11 is 0. The fourth-order valence-electron chi connectivity index (χ4n) is 3.61. The van der Waals surface area contributed by atoms with Crippen molar-refractivity contribution in [2.24, 2.45) is 0 Å². The second kappa shape index (κ2) is 9.75. The molecular weight excluding hydrogens is 360 g/mol. The number of amides is 1. The molecule has 0 aromatic heterocycles. The first kappa shape index (κ1) is 21.1. The summed E-state index contributed by atoms with van der Waals surface area (Å²) in [4.78, 5) is 11.6. The van der Waals surface area contributed by atoms with E-state index >= 15 is 0 Å². The maximum Gasteiger partial charge on any atom is 0.407 e. The minimum atomic E-state index is -0.450. The number of hydrogen-bond acceptors (Lipinski definition) is 3. The van der Waals surface area contributed by atoms with Crippen molar-refractivity contribution >= 4 is 27.6 Å². The van der Waals surface area contributed by atoms with Crippen molar-refractivity contribution in [2.75, 3.05) is 19.6 Å². The van der Waals surface area contributed by atoms with Crippen LogP contribution in [0.2, 0.25) is 0 Å². The number of ether oxygens (including phenoxy) is 1. The summed E-state index contributed by atoms with van der Waals surface area (Å²) in [5.74, 6) is 0. The van der Waals surface area contributed by atoms with Gasteiger partial charge in [-0.05, 0) is 86.3 Å². The molecule has 1 amide bonds. The number of alkyl carbamates (subject to hydrolysis) is 1. The zero-order valence-electron chi connectivity index (χ0n) is 17.8. The van der Waals surface area contributed by atoms with Crippen LogP contribution in [-0.2, 0) is 11.2 Å². The Morgan fingerprint density at radius 3 is 2.07 bits per heavy atom. The number of carbonyl (C=O) groups is 1. The summed E-state index contributed by atoms with van der Waals surface area (Å²) in [7, 11) is 0. The van der Waals surface area contributed by atoms with E-state index in [0.717, 1.165) is 32.4 Å². The minimum absolute atomic E-state index is 0.347. The van der Waals surface area contributed by atoms with Gasteiger partial charge in [-0.1, -0.05) is 48.5 Å². The molecule has 3 aromatic rings. The lowest BCUT2D eigenvalue weighted by atomic mass is 9.94. The van der Waals surface area contributed by atoms with Gasteiger partial charge in [-0.3, -0.25) is 0 Å². The van der Waals surface area contributed by atoms with Gasteiger partial charge in [0, 0.05) is 6.54 Å². The molecule has 0 saturated carbocycles. The molecule has 0 aliphatic carbocycles. The Hall–Kier alpha value is -2.59. The molecule has 0 aliphatic rings. The van der Waals surface area contributed by atoms with Gasteiger partial charge in [-0.25, -0.2) is 4.79 Å². The standard InChI is InChI=1S/C25H32N2O2/c1-25(2,3)29-24(28)27-17-9-16-26-15-8-14-23-21-12-6-4-10-19(21)18-20-11-5-7-13-22(20)23/h4-7,10-13,18,26H,8-9,14-17H2,1-3H3,(H,27,28). The third-order valence-corrected chi connectivity index (χ3v) is 4.86. The summed E-state index contributed by atoms with van der Waals surface area (Å²) in [6.07, 6.45) is 2.67. The maximum absolute atomic E-state index is 11.6. The van der Waals surface area contributed by atoms with E-state index < -0.39 is 5.60 Å². The highest BCUT2D eigenvalue weighted by molar-refractivity contribution is 6.02. The van der Waals surface area contributed by atoms with Crippen molar-refractivity contribution in [3.8, 4) is 0 Å². The third kappa shape index (κ3) is 6.20. The average molecular weight is 393 g/mol. The predicted molar refractivity (Wildman–Crippen MR) is 121 cm³/mol. The van der Waals surface area contributed by atoms with Gasteiger partial charge in [0.05, 0.1) is 0 Å². The number of hydrogen-bond donors (Lipinski definition) is 2. The number of nitrogens with one attached hydrogen (secondary N) is 2. The van der Waals surface area contributed by atoms with Gasteiger partial charge in [-0.2, -0.15) is 0 Å². The molecule has 0 saturated heterocycles. The lowest BCUT2D eigenvalue weighted by molar-refractivity contribution is 0.0527. The summed E-state index contributed by atoms with van der Waals surface area (Å²) < 4.78 is 5.23. The molecule has 0 unspecified atom stereocenters. The molecule has 3 aromatic carbocycles. The normalized spacial score (nSPS) is 11.7. The van der Waals surface area contributed by atoms with Gasteiger partial charge in [0.25, 0.3) is 0 Å². The van der Waals surface area contributed by atoms with Crippen LogP contribution in [0.15, 0.2) is 54.6 Å². The number of rotatable bonds is 8. The molecule has 4 heteroatoms. The van der Waals surface area contributed by atoms with E-state index in [4.69, 9.17) is 4.74 Å². The molecule has 2 N–H and O–H groups in total. The number of carbonyl (C=O) groups excluding carboxylic acids is 1. The summed E-state index contributed by atoms with van der Waals surface area (Å²) in [5, 5.41) is 11.6. The molecule has 0 aliphatic heterocycles. The van der Waals surface area contributed by atoms with Gasteiger partial charge < -0.3 is 15.4 Å². The Morgan fingerprint density at radius 2 is 1.45 bits per heavy atom. The molecule has 4 nitrogen and oxygen atoms in total. The number of benzene rings is 3. The molecule has 0 atom stereocenters. The second-order valence-electron chi connectivity index (χ2n) is 8.43. The first-order valence-electron chi connectivity index (χ1n) is 10.5. The zero-order chi connectivity index (χ0) is 20.7. The number of fused-ring (bicyclic) bond motifs is 2. The van der Waals surface area contributed by atoms with Crippen LogP contribution in [0.4, 0.5) is 4.79 Å². The van der Waals surface area contributed by atoms with Crippen LogP contribution in [0.3, 0.4) is 0 Å². The Bertz CT molecular complexity index is 906. The van der Waals surface area contributed by atoms with Crippen LogP contribution in [-0.4, -0.2) is 31.3 Å². The third-order valence-electron chi connectivity index (χ3n) is 4.86. The molecule has 3 rings (SSSR count). The van der Waals surface area contributed by atoms with Crippen molar-refractivity contribution in [3.63, 3.8) is 0 Å².